The fourth-order valence-electron chi connectivity index (χ4n) is 4.35. The molecule has 2 aromatic heterocycles. The minimum atomic E-state index is 0.293. The maximum absolute atomic E-state index is 6.02. The number of nitrogens with zero attached hydrogens (tertiary/aromatic N) is 4. The van der Waals surface area contributed by atoms with Crippen LogP contribution in [-0.4, -0.2) is 47.9 Å². The molecule has 148 valence electrons. The molecule has 28 heavy (non-hydrogen) atoms. The van der Waals surface area contributed by atoms with Gasteiger partial charge in [0.05, 0.1) is 18.5 Å². The summed E-state index contributed by atoms with van der Waals surface area (Å²) in [6, 6.07) is 4.79. The van der Waals surface area contributed by atoms with Gasteiger partial charge in [-0.2, -0.15) is 4.98 Å². The molecule has 5 rings (SSSR count). The fourth-order valence-corrected chi connectivity index (χ4v) is 4.35. The van der Waals surface area contributed by atoms with Crippen molar-refractivity contribution in [3.8, 4) is 5.75 Å². The van der Waals surface area contributed by atoms with Gasteiger partial charge in [-0.3, -0.25) is 4.98 Å². The molecule has 0 bridgehead atoms. The molecule has 1 aliphatic carbocycles. The van der Waals surface area contributed by atoms with Crippen LogP contribution in [0.25, 0.3) is 5.57 Å². The summed E-state index contributed by atoms with van der Waals surface area (Å²) in [6.07, 6.45) is 5.11. The first kappa shape index (κ1) is 17.7. The molecule has 2 fully saturated rings. The summed E-state index contributed by atoms with van der Waals surface area (Å²) >= 11 is 0. The number of pyridine rings is 1. The van der Waals surface area contributed by atoms with Crippen LogP contribution in [0.15, 0.2) is 28.9 Å². The zero-order chi connectivity index (χ0) is 19.1. The predicted octanol–water partition coefficient (Wildman–Crippen LogP) is 2.73. The molecule has 7 nitrogen and oxygen atoms in total. The molecule has 0 amide bonds. The second-order valence-corrected chi connectivity index (χ2v) is 8.36. The number of fused-ring (bicyclic) bond motifs is 1. The van der Waals surface area contributed by atoms with Crippen LogP contribution in [0, 0.1) is 17.8 Å². The van der Waals surface area contributed by atoms with E-state index >= 15 is 0 Å². The standard InChI is InChI=1S/C21H27N5O2/c1-13(2)20-24-21(28-25-20)26-10-16-17(11-26)18(16)12-27-15-3-4-19(23-9-15)14-5-7-22-8-6-14/h3-5,9,13,16-18,22H,6-8,10-12H2,1-2H3/t16-,17?,18+/m1/s1. The zero-order valence-electron chi connectivity index (χ0n) is 16.5. The van der Waals surface area contributed by atoms with Gasteiger partial charge in [0.2, 0.25) is 0 Å². The van der Waals surface area contributed by atoms with Crippen LogP contribution < -0.4 is 15.0 Å². The molecule has 4 heterocycles. The van der Waals surface area contributed by atoms with Gasteiger partial charge in [0, 0.05) is 31.5 Å². The summed E-state index contributed by atoms with van der Waals surface area (Å²) in [5.74, 6) is 3.89. The summed E-state index contributed by atoms with van der Waals surface area (Å²) in [5, 5.41) is 7.40. The number of rotatable bonds is 6. The van der Waals surface area contributed by atoms with Crippen molar-refractivity contribution in [3.63, 3.8) is 0 Å². The quantitative estimate of drug-likeness (QED) is 0.824. The van der Waals surface area contributed by atoms with Crippen LogP contribution in [0.1, 0.15) is 37.7 Å². The van der Waals surface area contributed by atoms with Crippen LogP contribution in [0.3, 0.4) is 0 Å². The molecule has 3 aliphatic rings. The van der Waals surface area contributed by atoms with Crippen molar-refractivity contribution in [2.24, 2.45) is 17.8 Å². The van der Waals surface area contributed by atoms with Gasteiger partial charge in [-0.05, 0) is 42.5 Å². The number of nitrogens with one attached hydrogen (secondary N) is 1. The highest BCUT2D eigenvalue weighted by molar-refractivity contribution is 5.63. The monoisotopic (exact) mass is 381 g/mol. The summed E-state index contributed by atoms with van der Waals surface area (Å²) in [5.41, 5.74) is 2.39. The van der Waals surface area contributed by atoms with E-state index in [9.17, 15) is 0 Å². The largest absolute Gasteiger partial charge is 0.492 e. The van der Waals surface area contributed by atoms with E-state index in [-0.39, 0.29) is 0 Å². The van der Waals surface area contributed by atoms with E-state index in [0.717, 1.165) is 56.5 Å². The number of hydrogen-bond acceptors (Lipinski definition) is 7. The minimum absolute atomic E-state index is 0.293. The van der Waals surface area contributed by atoms with Gasteiger partial charge >= 0.3 is 6.01 Å². The van der Waals surface area contributed by atoms with Crippen LogP contribution in [0.2, 0.25) is 0 Å². The first-order chi connectivity index (χ1) is 13.7. The van der Waals surface area contributed by atoms with Gasteiger partial charge in [-0.1, -0.05) is 25.1 Å². The van der Waals surface area contributed by atoms with E-state index < -0.39 is 0 Å². The number of hydrogen-bond donors (Lipinski definition) is 1. The molecule has 7 heteroatoms. The van der Waals surface area contributed by atoms with Gasteiger partial charge in [-0.25, -0.2) is 0 Å². The second-order valence-electron chi connectivity index (χ2n) is 8.36. The Kier molecular flexibility index (Phi) is 4.55. The van der Waals surface area contributed by atoms with Crippen LogP contribution >= 0.6 is 0 Å². The topological polar surface area (TPSA) is 76.3 Å². The first-order valence-corrected chi connectivity index (χ1v) is 10.3. The fraction of sp³-hybridized carbons (Fsp3) is 0.571. The number of piperidine rings is 1. The lowest BCUT2D eigenvalue weighted by Gasteiger charge is -2.17. The third-order valence-electron chi connectivity index (χ3n) is 6.16. The second kappa shape index (κ2) is 7.20. The highest BCUT2D eigenvalue weighted by atomic mass is 16.5. The van der Waals surface area contributed by atoms with Crippen molar-refractivity contribution in [2.75, 3.05) is 37.7 Å². The Bertz CT molecular complexity index is 848. The third kappa shape index (κ3) is 3.39. The predicted molar refractivity (Wildman–Crippen MR) is 106 cm³/mol. The highest BCUT2D eigenvalue weighted by Crippen LogP contribution is 2.52. The molecule has 1 saturated carbocycles. The van der Waals surface area contributed by atoms with Crippen molar-refractivity contribution in [2.45, 2.75) is 26.2 Å². The molecule has 0 aromatic carbocycles. The average Bonchev–Trinajstić information content (AvgIpc) is 3.12. The molecular formula is C21H27N5O2. The highest BCUT2D eigenvalue weighted by Gasteiger charge is 2.56. The lowest BCUT2D eigenvalue weighted by Crippen LogP contribution is -2.25. The Balaban J connectivity index is 1.11. The van der Waals surface area contributed by atoms with Gasteiger partial charge < -0.3 is 19.5 Å². The third-order valence-corrected chi connectivity index (χ3v) is 6.16. The maximum atomic E-state index is 6.02. The van der Waals surface area contributed by atoms with Gasteiger partial charge in [-0.15, -0.1) is 0 Å². The lowest BCUT2D eigenvalue weighted by molar-refractivity contribution is 0.280. The van der Waals surface area contributed by atoms with E-state index in [1.165, 1.54) is 5.57 Å². The van der Waals surface area contributed by atoms with Crippen molar-refractivity contribution in [1.29, 1.82) is 0 Å². The average molecular weight is 381 g/mol. The van der Waals surface area contributed by atoms with E-state index in [1.54, 1.807) is 0 Å². The van der Waals surface area contributed by atoms with E-state index in [1.807, 2.05) is 12.3 Å². The summed E-state index contributed by atoms with van der Waals surface area (Å²) in [4.78, 5) is 11.3. The van der Waals surface area contributed by atoms with Gasteiger partial charge in [0.15, 0.2) is 5.82 Å². The minimum Gasteiger partial charge on any atom is -0.492 e. The molecule has 1 saturated heterocycles. The van der Waals surface area contributed by atoms with E-state index in [2.05, 4.69) is 51.3 Å². The Morgan fingerprint density at radius 3 is 2.79 bits per heavy atom. The van der Waals surface area contributed by atoms with Gasteiger partial charge in [0.25, 0.3) is 0 Å². The number of ether oxygens (including phenoxy) is 1. The molecule has 1 N–H and O–H groups in total. The maximum Gasteiger partial charge on any atom is 0.324 e. The van der Waals surface area contributed by atoms with Crippen LogP contribution in [0.5, 0.6) is 5.75 Å². The van der Waals surface area contributed by atoms with Crippen LogP contribution in [-0.2, 0) is 0 Å². The molecule has 1 unspecified atom stereocenters. The smallest absolute Gasteiger partial charge is 0.324 e. The van der Waals surface area contributed by atoms with Gasteiger partial charge in [0.1, 0.15) is 5.75 Å². The molecule has 0 spiro atoms. The summed E-state index contributed by atoms with van der Waals surface area (Å²) in [7, 11) is 0. The molecule has 2 aliphatic heterocycles. The zero-order valence-corrected chi connectivity index (χ0v) is 16.5. The Morgan fingerprint density at radius 1 is 1.29 bits per heavy atom. The Hall–Kier alpha value is -2.41. The molecular weight excluding hydrogens is 354 g/mol. The first-order valence-electron chi connectivity index (χ1n) is 10.3. The van der Waals surface area contributed by atoms with Crippen LogP contribution in [0.4, 0.5) is 6.01 Å². The molecule has 2 aromatic rings. The summed E-state index contributed by atoms with van der Waals surface area (Å²) in [6.45, 7) is 8.84. The Labute approximate surface area is 165 Å². The van der Waals surface area contributed by atoms with E-state index in [4.69, 9.17) is 9.26 Å². The number of aromatic nitrogens is 3. The summed E-state index contributed by atoms with van der Waals surface area (Å²) < 4.78 is 11.4. The molecule has 3 atom stereocenters. The Morgan fingerprint density at radius 2 is 2.14 bits per heavy atom. The van der Waals surface area contributed by atoms with Crippen molar-refractivity contribution >= 4 is 11.6 Å². The normalized spacial score (nSPS) is 26.3. The SMILES string of the molecule is CC(C)c1noc(N2CC3[C@@H](COc4ccc(C5=CCNCC5)nc4)[C@@H]3C2)n1. The number of anilines is 1. The van der Waals surface area contributed by atoms with Crippen molar-refractivity contribution < 1.29 is 9.26 Å². The van der Waals surface area contributed by atoms with E-state index in [0.29, 0.717) is 29.7 Å². The van der Waals surface area contributed by atoms with Crippen molar-refractivity contribution in [3.05, 3.63) is 35.9 Å². The van der Waals surface area contributed by atoms with Crippen molar-refractivity contribution in [1.82, 2.24) is 20.4 Å². The lowest BCUT2D eigenvalue weighted by atomic mass is 10.1. The molecule has 0 radical (unpaired) electrons.